The minimum absolute atomic E-state index is 0.0507. The fourth-order valence-corrected chi connectivity index (χ4v) is 7.15. The third kappa shape index (κ3) is 3.38. The fraction of sp³-hybridized carbons (Fsp3) is 0.294. The molecule has 6 rings (SSSR count). The lowest BCUT2D eigenvalue weighted by Crippen LogP contribution is -2.54. The summed E-state index contributed by atoms with van der Waals surface area (Å²) in [6.45, 7) is 9.59. The van der Waals surface area contributed by atoms with Gasteiger partial charge in [-0.2, -0.15) is 0 Å². The van der Waals surface area contributed by atoms with Gasteiger partial charge < -0.3 is 9.80 Å². The van der Waals surface area contributed by atoms with E-state index in [2.05, 4.69) is 135 Å². The number of hydrogen-bond donors (Lipinski definition) is 0. The highest BCUT2D eigenvalue weighted by atomic mass is 15.3. The number of nitrogens with zero attached hydrogens (tertiary/aromatic N) is 2. The highest BCUT2D eigenvalue weighted by Gasteiger charge is 2.58. The van der Waals surface area contributed by atoms with Gasteiger partial charge in [0.2, 0.25) is 0 Å². The number of rotatable bonds is 4. The Labute approximate surface area is 216 Å². The van der Waals surface area contributed by atoms with Crippen molar-refractivity contribution in [2.24, 2.45) is 0 Å². The van der Waals surface area contributed by atoms with Crippen LogP contribution < -0.4 is 9.80 Å². The van der Waals surface area contributed by atoms with Crippen LogP contribution in [0.3, 0.4) is 0 Å². The molecule has 0 radical (unpaired) electrons. The molecule has 0 bridgehead atoms. The second kappa shape index (κ2) is 8.55. The van der Waals surface area contributed by atoms with Gasteiger partial charge in [-0.15, -0.1) is 0 Å². The Morgan fingerprint density at radius 3 is 1.94 bits per heavy atom. The molecule has 2 nitrogen and oxygen atoms in total. The van der Waals surface area contributed by atoms with Crippen molar-refractivity contribution in [3.63, 3.8) is 0 Å². The summed E-state index contributed by atoms with van der Waals surface area (Å²) in [5.74, 6) is 0. The first kappa shape index (κ1) is 22.9. The third-order valence-corrected chi connectivity index (χ3v) is 8.90. The Bertz CT molecular complexity index is 1350. The molecule has 2 aliphatic rings. The zero-order valence-electron chi connectivity index (χ0n) is 22.0. The molecule has 0 spiro atoms. The molecule has 2 atom stereocenters. The van der Waals surface area contributed by atoms with Crippen LogP contribution in [0.15, 0.2) is 97.1 Å². The largest absolute Gasteiger partial charge is 0.334 e. The molecule has 1 aliphatic carbocycles. The Kier molecular flexibility index (Phi) is 5.44. The van der Waals surface area contributed by atoms with Gasteiger partial charge in [-0.25, -0.2) is 0 Å². The summed E-state index contributed by atoms with van der Waals surface area (Å²) >= 11 is 0. The Balaban J connectivity index is 1.54. The summed E-state index contributed by atoms with van der Waals surface area (Å²) in [6, 6.07) is 35.4. The summed E-state index contributed by atoms with van der Waals surface area (Å²) in [5, 5.41) is 0. The number of benzene rings is 4. The molecule has 0 amide bonds. The third-order valence-electron chi connectivity index (χ3n) is 8.90. The molecule has 4 aromatic rings. The second-order valence-corrected chi connectivity index (χ2v) is 11.2. The van der Waals surface area contributed by atoms with Crippen LogP contribution in [0.1, 0.15) is 56.2 Å². The molecule has 1 aliphatic heterocycles. The number of aryl methyl sites for hydroxylation is 2. The molecule has 1 saturated carbocycles. The van der Waals surface area contributed by atoms with Gasteiger partial charge in [0.25, 0.3) is 0 Å². The Morgan fingerprint density at radius 2 is 1.28 bits per heavy atom. The van der Waals surface area contributed by atoms with Crippen molar-refractivity contribution in [1.82, 2.24) is 0 Å². The molecule has 36 heavy (non-hydrogen) atoms. The van der Waals surface area contributed by atoms with Gasteiger partial charge in [-0.05, 0) is 98.8 Å². The van der Waals surface area contributed by atoms with Crippen LogP contribution in [0.2, 0.25) is 0 Å². The molecule has 1 fully saturated rings. The minimum Gasteiger partial charge on any atom is -0.334 e. The lowest BCUT2D eigenvalue weighted by molar-refractivity contribution is 0.194. The molecular weight excluding hydrogens is 436 g/mol. The first-order valence-electron chi connectivity index (χ1n) is 13.3. The van der Waals surface area contributed by atoms with Crippen LogP contribution in [0, 0.1) is 13.8 Å². The number of hydrogen-bond acceptors (Lipinski definition) is 2. The molecule has 2 heteroatoms. The molecule has 0 aromatic heterocycles. The molecule has 0 N–H and O–H groups in total. The van der Waals surface area contributed by atoms with Crippen LogP contribution in [0.4, 0.5) is 28.4 Å². The van der Waals surface area contributed by atoms with Crippen molar-refractivity contribution in [2.45, 2.75) is 64.3 Å². The molecule has 0 saturated heterocycles. The fourth-order valence-electron chi connectivity index (χ4n) is 7.15. The quantitative estimate of drug-likeness (QED) is 0.292. The van der Waals surface area contributed by atoms with Crippen LogP contribution in [0.5, 0.6) is 0 Å². The van der Waals surface area contributed by atoms with E-state index in [9.17, 15) is 0 Å². The van der Waals surface area contributed by atoms with Crippen molar-refractivity contribution >= 4 is 28.4 Å². The summed E-state index contributed by atoms with van der Waals surface area (Å²) in [6.07, 6.45) is 5.05. The van der Waals surface area contributed by atoms with Crippen molar-refractivity contribution in [1.29, 1.82) is 0 Å². The molecular formula is C34H36N2. The molecule has 4 aromatic carbocycles. The van der Waals surface area contributed by atoms with Crippen LogP contribution >= 0.6 is 0 Å². The van der Waals surface area contributed by atoms with E-state index in [4.69, 9.17) is 0 Å². The van der Waals surface area contributed by atoms with Gasteiger partial charge in [0.1, 0.15) is 0 Å². The first-order valence-corrected chi connectivity index (χ1v) is 13.3. The Morgan fingerprint density at radius 1 is 0.667 bits per heavy atom. The van der Waals surface area contributed by atoms with Crippen LogP contribution in [0.25, 0.3) is 0 Å². The van der Waals surface area contributed by atoms with E-state index in [1.165, 1.54) is 65.2 Å². The normalized spacial score (nSPS) is 22.7. The highest BCUT2D eigenvalue weighted by molar-refractivity contribution is 5.83. The molecule has 2 unspecified atom stereocenters. The van der Waals surface area contributed by atoms with E-state index in [1.54, 1.807) is 5.56 Å². The van der Waals surface area contributed by atoms with Crippen molar-refractivity contribution in [2.75, 3.05) is 9.80 Å². The van der Waals surface area contributed by atoms with E-state index in [1.807, 2.05) is 0 Å². The summed E-state index contributed by atoms with van der Waals surface area (Å²) < 4.78 is 0. The standard InChI is InChI=1S/C34H36N2/c1-25-22-26(2)32-31(23-25)36(34(4)21-12-11-20-33(32,34)3)30-19-13-18-29(24-30)35(27-14-7-5-8-15-27)28-16-9-6-10-17-28/h5-10,13-19,22-24H,11-12,20-21H2,1-4H3. The number of fused-ring (bicyclic) bond motifs is 3. The smallest absolute Gasteiger partial charge is 0.0518 e. The van der Waals surface area contributed by atoms with Gasteiger partial charge in [0.05, 0.1) is 5.54 Å². The highest BCUT2D eigenvalue weighted by Crippen LogP contribution is 2.61. The van der Waals surface area contributed by atoms with Crippen LogP contribution in [-0.4, -0.2) is 5.54 Å². The van der Waals surface area contributed by atoms with Crippen molar-refractivity contribution < 1.29 is 0 Å². The molecule has 182 valence electrons. The van der Waals surface area contributed by atoms with E-state index in [0.29, 0.717) is 0 Å². The maximum Gasteiger partial charge on any atom is 0.0518 e. The van der Waals surface area contributed by atoms with E-state index in [0.717, 1.165) is 0 Å². The van der Waals surface area contributed by atoms with Crippen LogP contribution in [-0.2, 0) is 5.41 Å². The summed E-state index contributed by atoms with van der Waals surface area (Å²) in [5.41, 5.74) is 10.7. The lowest BCUT2D eigenvalue weighted by atomic mass is 9.61. The zero-order chi connectivity index (χ0) is 24.9. The van der Waals surface area contributed by atoms with Gasteiger partial charge >= 0.3 is 0 Å². The minimum atomic E-state index is 0.0507. The van der Waals surface area contributed by atoms with Gasteiger partial charge in [-0.3, -0.25) is 0 Å². The predicted octanol–water partition coefficient (Wildman–Crippen LogP) is 9.52. The predicted molar refractivity (Wildman–Crippen MR) is 153 cm³/mol. The topological polar surface area (TPSA) is 6.48 Å². The van der Waals surface area contributed by atoms with Crippen molar-refractivity contribution in [3.8, 4) is 0 Å². The summed E-state index contributed by atoms with van der Waals surface area (Å²) in [4.78, 5) is 5.06. The SMILES string of the molecule is Cc1cc(C)c2c(c1)N(c1cccc(N(c3ccccc3)c3ccccc3)c1)C1(C)CCCCC21C. The second-order valence-electron chi connectivity index (χ2n) is 11.2. The monoisotopic (exact) mass is 472 g/mol. The molecule has 1 heterocycles. The average Bonchev–Trinajstić information content (AvgIpc) is 3.09. The van der Waals surface area contributed by atoms with Gasteiger partial charge in [-0.1, -0.05) is 68.3 Å². The van der Waals surface area contributed by atoms with E-state index >= 15 is 0 Å². The maximum atomic E-state index is 2.69. The summed E-state index contributed by atoms with van der Waals surface area (Å²) in [7, 11) is 0. The van der Waals surface area contributed by atoms with E-state index in [-0.39, 0.29) is 11.0 Å². The van der Waals surface area contributed by atoms with Gasteiger partial charge in [0.15, 0.2) is 0 Å². The Hall–Kier alpha value is -3.52. The van der Waals surface area contributed by atoms with E-state index < -0.39 is 0 Å². The van der Waals surface area contributed by atoms with Gasteiger partial charge in [0, 0.05) is 33.9 Å². The average molecular weight is 473 g/mol. The first-order chi connectivity index (χ1) is 17.4. The maximum absolute atomic E-state index is 2.69. The zero-order valence-corrected chi connectivity index (χ0v) is 22.0. The number of anilines is 5. The lowest BCUT2D eigenvalue weighted by Gasteiger charge is -2.50. The number of para-hydroxylation sites is 2. The van der Waals surface area contributed by atoms with Crippen molar-refractivity contribution in [3.05, 3.63) is 114 Å².